The zero-order valence-corrected chi connectivity index (χ0v) is 21.5. The van der Waals surface area contributed by atoms with Crippen LogP contribution in [0.3, 0.4) is 0 Å². The third-order valence-corrected chi connectivity index (χ3v) is 7.06. The van der Waals surface area contributed by atoms with E-state index >= 15 is 0 Å². The number of hydrogen-bond donors (Lipinski definition) is 0. The molecule has 3 aromatic carbocycles. The number of benzene rings is 3. The first-order chi connectivity index (χ1) is 18.1. The van der Waals surface area contributed by atoms with Gasteiger partial charge in [-0.2, -0.15) is 0 Å². The molecule has 2 saturated heterocycles. The summed E-state index contributed by atoms with van der Waals surface area (Å²) < 4.78 is 5.66. The number of fused-ring (bicyclic) bond motifs is 1. The molecule has 0 saturated carbocycles. The summed E-state index contributed by atoms with van der Waals surface area (Å²) in [6, 6.07) is 24.5. The highest BCUT2D eigenvalue weighted by atomic mass is 16.7. The van der Waals surface area contributed by atoms with Gasteiger partial charge in [0.2, 0.25) is 5.91 Å². The monoisotopic (exact) mass is 499 g/mol. The molecule has 192 valence electrons. The van der Waals surface area contributed by atoms with Crippen LogP contribution in [-0.2, 0) is 14.4 Å². The normalized spacial score (nSPS) is 20.9. The van der Waals surface area contributed by atoms with Crippen LogP contribution in [0, 0.1) is 5.92 Å². The van der Waals surface area contributed by atoms with Crippen LogP contribution in [0.2, 0.25) is 0 Å². The van der Waals surface area contributed by atoms with Crippen molar-refractivity contribution in [3.8, 4) is 5.75 Å². The van der Waals surface area contributed by atoms with Crippen molar-refractivity contribution in [3.63, 3.8) is 0 Å². The lowest BCUT2D eigenvalue weighted by atomic mass is 9.90. The molecule has 0 unspecified atom stereocenters. The molecule has 0 bridgehead atoms. The van der Waals surface area contributed by atoms with E-state index in [0.29, 0.717) is 18.0 Å². The molecule has 5 rings (SSSR count). The molecule has 7 heteroatoms. The number of hydrogen-bond acceptors (Lipinski definition) is 6. The van der Waals surface area contributed by atoms with Crippen LogP contribution in [0.4, 0.5) is 17.1 Å². The number of carbonyl (C=O) groups is 2. The Balaban J connectivity index is 1.48. The molecule has 3 aromatic rings. The molecular weight excluding hydrogens is 466 g/mol. The summed E-state index contributed by atoms with van der Waals surface area (Å²) >= 11 is 0. The van der Waals surface area contributed by atoms with E-state index in [2.05, 4.69) is 30.9 Å². The van der Waals surface area contributed by atoms with Crippen molar-refractivity contribution in [1.82, 2.24) is 0 Å². The predicted molar refractivity (Wildman–Crippen MR) is 145 cm³/mol. The van der Waals surface area contributed by atoms with E-state index in [0.717, 1.165) is 36.4 Å². The molecule has 0 radical (unpaired) electrons. The second-order valence-electron chi connectivity index (χ2n) is 9.28. The average Bonchev–Trinajstić information content (AvgIpc) is 3.45. The highest BCUT2D eigenvalue weighted by Crippen LogP contribution is 2.47. The second kappa shape index (κ2) is 10.6. The maximum absolute atomic E-state index is 13.8. The van der Waals surface area contributed by atoms with Crippen molar-refractivity contribution < 1.29 is 19.2 Å². The van der Waals surface area contributed by atoms with E-state index < -0.39 is 18.1 Å². The first-order valence-corrected chi connectivity index (χ1v) is 13.0. The van der Waals surface area contributed by atoms with Gasteiger partial charge in [0.1, 0.15) is 11.7 Å². The number of ether oxygens (including phenoxy) is 1. The molecule has 2 heterocycles. The van der Waals surface area contributed by atoms with Crippen molar-refractivity contribution in [2.45, 2.75) is 39.3 Å². The summed E-state index contributed by atoms with van der Waals surface area (Å²) in [5.74, 6) is -0.556. The minimum absolute atomic E-state index is 0.256. The summed E-state index contributed by atoms with van der Waals surface area (Å²) in [6.45, 7) is 8.73. The van der Waals surface area contributed by atoms with Gasteiger partial charge in [0.05, 0.1) is 24.0 Å². The third kappa shape index (κ3) is 4.55. The van der Waals surface area contributed by atoms with Crippen molar-refractivity contribution in [1.29, 1.82) is 0 Å². The number of rotatable bonds is 9. The summed E-state index contributed by atoms with van der Waals surface area (Å²) in [7, 11) is 0. The largest absolute Gasteiger partial charge is 0.494 e. The molecule has 2 aliphatic heterocycles. The van der Waals surface area contributed by atoms with Crippen LogP contribution in [-0.4, -0.2) is 37.6 Å². The van der Waals surface area contributed by atoms with Crippen LogP contribution in [0.5, 0.6) is 5.75 Å². The summed E-state index contributed by atoms with van der Waals surface area (Å²) in [6.07, 6.45) is 0.0111. The Morgan fingerprint density at radius 1 is 0.811 bits per heavy atom. The number of para-hydroxylation sites is 1. The predicted octanol–water partition coefficient (Wildman–Crippen LogP) is 5.37. The van der Waals surface area contributed by atoms with Crippen molar-refractivity contribution in [2.24, 2.45) is 5.92 Å². The Bertz CT molecular complexity index is 1230. The fourth-order valence-corrected chi connectivity index (χ4v) is 5.19. The minimum Gasteiger partial charge on any atom is -0.494 e. The molecule has 2 aliphatic rings. The molecule has 2 amide bonds. The third-order valence-electron chi connectivity index (χ3n) is 7.06. The Labute approximate surface area is 218 Å². The van der Waals surface area contributed by atoms with Gasteiger partial charge in [0.25, 0.3) is 5.91 Å². The molecular formula is C30H33N3O4. The first-order valence-electron chi connectivity index (χ1n) is 13.0. The zero-order valence-electron chi connectivity index (χ0n) is 21.5. The zero-order chi connectivity index (χ0) is 25.9. The Kier molecular flexibility index (Phi) is 7.15. The maximum atomic E-state index is 13.8. The standard InChI is InChI=1S/C30H33N3O4/c1-4-20-36-25-18-16-23(17-19-25)32-29(34)26-27(21-12-14-22(15-13-21)31(5-2)6-3)33(37-28(26)30(32)35)24-10-8-7-9-11-24/h7-19,26-28H,4-6,20H2,1-3H3/t26-,27+,28-/m1/s1. The van der Waals surface area contributed by atoms with E-state index in [1.807, 2.05) is 49.4 Å². The van der Waals surface area contributed by atoms with Gasteiger partial charge in [-0.05, 0) is 74.4 Å². The SMILES string of the molecule is CCCOc1ccc(N2C(=O)[C@H]3[C@@H](ON(c4ccccc4)[C@H]3c3ccc(N(CC)CC)cc3)C2=O)cc1. The molecule has 37 heavy (non-hydrogen) atoms. The van der Waals surface area contributed by atoms with E-state index in [1.54, 1.807) is 29.3 Å². The molecule has 0 aromatic heterocycles. The Morgan fingerprint density at radius 2 is 1.49 bits per heavy atom. The highest BCUT2D eigenvalue weighted by molar-refractivity contribution is 6.23. The Morgan fingerprint density at radius 3 is 2.11 bits per heavy atom. The number of imide groups is 1. The van der Waals surface area contributed by atoms with Crippen molar-refractivity contribution >= 4 is 28.9 Å². The van der Waals surface area contributed by atoms with Crippen LogP contribution in [0.1, 0.15) is 38.8 Å². The first kappa shape index (κ1) is 24.8. The summed E-state index contributed by atoms with van der Waals surface area (Å²) in [5, 5.41) is 1.73. The lowest BCUT2D eigenvalue weighted by Gasteiger charge is -2.29. The quantitative estimate of drug-likeness (QED) is 0.369. The number of nitrogens with zero attached hydrogens (tertiary/aromatic N) is 3. The van der Waals surface area contributed by atoms with Crippen LogP contribution >= 0.6 is 0 Å². The van der Waals surface area contributed by atoms with Gasteiger partial charge in [0, 0.05) is 18.8 Å². The Hall–Kier alpha value is -3.84. The highest BCUT2D eigenvalue weighted by Gasteiger charge is 2.60. The second-order valence-corrected chi connectivity index (χ2v) is 9.28. The lowest BCUT2D eigenvalue weighted by molar-refractivity contribution is -0.126. The molecule has 7 nitrogen and oxygen atoms in total. The lowest BCUT2D eigenvalue weighted by Crippen LogP contribution is -2.37. The molecule has 0 N–H and O–H groups in total. The van der Waals surface area contributed by atoms with Gasteiger partial charge >= 0.3 is 0 Å². The van der Waals surface area contributed by atoms with Crippen molar-refractivity contribution in [2.75, 3.05) is 34.6 Å². The number of carbonyl (C=O) groups excluding carboxylic acids is 2. The number of hydroxylamine groups is 1. The fraction of sp³-hybridized carbons (Fsp3) is 0.333. The molecule has 3 atom stereocenters. The fourth-order valence-electron chi connectivity index (χ4n) is 5.19. The van der Waals surface area contributed by atoms with E-state index in [9.17, 15) is 9.59 Å². The van der Waals surface area contributed by atoms with Gasteiger partial charge in [-0.3, -0.25) is 14.4 Å². The van der Waals surface area contributed by atoms with Crippen LogP contribution in [0.25, 0.3) is 0 Å². The van der Waals surface area contributed by atoms with Gasteiger partial charge in [-0.1, -0.05) is 37.3 Å². The van der Waals surface area contributed by atoms with Gasteiger partial charge in [0.15, 0.2) is 6.10 Å². The van der Waals surface area contributed by atoms with Gasteiger partial charge in [-0.25, -0.2) is 9.96 Å². The van der Waals surface area contributed by atoms with E-state index in [1.165, 1.54) is 4.90 Å². The van der Waals surface area contributed by atoms with E-state index in [-0.39, 0.29) is 11.8 Å². The number of amides is 2. The maximum Gasteiger partial charge on any atom is 0.266 e. The summed E-state index contributed by atoms with van der Waals surface area (Å²) in [4.78, 5) is 37.2. The van der Waals surface area contributed by atoms with Crippen LogP contribution < -0.4 is 19.6 Å². The number of anilines is 3. The van der Waals surface area contributed by atoms with Crippen molar-refractivity contribution in [3.05, 3.63) is 84.4 Å². The van der Waals surface area contributed by atoms with Gasteiger partial charge < -0.3 is 9.64 Å². The van der Waals surface area contributed by atoms with Crippen LogP contribution in [0.15, 0.2) is 78.9 Å². The van der Waals surface area contributed by atoms with Gasteiger partial charge in [-0.15, -0.1) is 0 Å². The van der Waals surface area contributed by atoms with E-state index in [4.69, 9.17) is 9.57 Å². The summed E-state index contributed by atoms with van der Waals surface area (Å²) in [5.41, 5.74) is 3.38. The topological polar surface area (TPSA) is 62.3 Å². The smallest absolute Gasteiger partial charge is 0.266 e. The molecule has 0 aliphatic carbocycles. The molecule has 2 fully saturated rings. The molecule has 0 spiro atoms. The minimum atomic E-state index is -0.892. The average molecular weight is 500 g/mol.